The van der Waals surface area contributed by atoms with E-state index in [2.05, 4.69) is 57.3 Å². The second-order valence-electron chi connectivity index (χ2n) is 7.73. The summed E-state index contributed by atoms with van der Waals surface area (Å²) >= 11 is 1.21. The highest BCUT2D eigenvalue weighted by atomic mass is 32.2. The topological polar surface area (TPSA) is 92.3 Å². The van der Waals surface area contributed by atoms with E-state index in [9.17, 15) is 10.1 Å². The normalized spacial score (nSPS) is 11.0. The molecule has 0 aliphatic heterocycles. The monoisotopic (exact) mass is 461 g/mol. The van der Waals surface area contributed by atoms with Crippen molar-refractivity contribution in [2.45, 2.75) is 39.3 Å². The number of nitrogens with zero attached hydrogens (tertiary/aromatic N) is 4. The molecular weight excluding hydrogens is 434 g/mol. The number of nitrogens with one attached hydrogen (secondary N) is 1. The van der Waals surface area contributed by atoms with Crippen molar-refractivity contribution in [3.63, 3.8) is 0 Å². The molecule has 170 valence electrons. The second kappa shape index (κ2) is 10.9. The number of thioether (sulfide) groups is 1. The van der Waals surface area contributed by atoms with E-state index in [0.717, 1.165) is 33.9 Å². The molecule has 0 bridgehead atoms. The largest absolute Gasteiger partial charge is 0.380 e. The van der Waals surface area contributed by atoms with E-state index in [0.29, 0.717) is 17.2 Å². The number of rotatable bonds is 8. The predicted molar refractivity (Wildman–Crippen MR) is 131 cm³/mol. The number of aromatic nitrogens is 2. The summed E-state index contributed by atoms with van der Waals surface area (Å²) in [6.45, 7) is 8.29. The van der Waals surface area contributed by atoms with E-state index in [1.807, 2.05) is 32.9 Å². The van der Waals surface area contributed by atoms with Gasteiger partial charge in [-0.1, -0.05) is 29.5 Å². The number of hydrogen-bond donors (Lipinski definition) is 1. The lowest BCUT2D eigenvalue weighted by atomic mass is 10.1. The van der Waals surface area contributed by atoms with Gasteiger partial charge in [0.2, 0.25) is 5.91 Å². The number of carbonyl (C=O) groups is 1. The lowest BCUT2D eigenvalue weighted by Crippen LogP contribution is -2.20. The molecule has 8 heteroatoms. The molecular formula is C25H27N5O2S. The van der Waals surface area contributed by atoms with Gasteiger partial charge in [0.15, 0.2) is 0 Å². The van der Waals surface area contributed by atoms with Crippen LogP contribution in [-0.4, -0.2) is 34.5 Å². The molecule has 33 heavy (non-hydrogen) atoms. The molecule has 0 radical (unpaired) electrons. The Morgan fingerprint density at radius 2 is 1.97 bits per heavy atom. The number of pyridine rings is 1. The van der Waals surface area contributed by atoms with Gasteiger partial charge in [-0.3, -0.25) is 4.79 Å². The average Bonchev–Trinajstić information content (AvgIpc) is 3.06. The first-order valence-corrected chi connectivity index (χ1v) is 11.4. The van der Waals surface area contributed by atoms with Crippen molar-refractivity contribution in [1.29, 1.82) is 5.26 Å². The van der Waals surface area contributed by atoms with Crippen LogP contribution in [-0.2, 0) is 16.1 Å². The molecule has 0 aliphatic rings. The molecule has 3 aromatic rings. The Kier molecular flexibility index (Phi) is 8.04. The van der Waals surface area contributed by atoms with Gasteiger partial charge in [-0.05, 0) is 57.5 Å². The molecule has 1 aromatic carbocycles. The summed E-state index contributed by atoms with van der Waals surface area (Å²) in [5.74, 6) is -0.179. The number of hydrogen-bond acceptors (Lipinski definition) is 6. The zero-order chi connectivity index (χ0) is 24.0. The van der Waals surface area contributed by atoms with Crippen LogP contribution in [0.15, 0.2) is 46.5 Å². The van der Waals surface area contributed by atoms with Crippen LogP contribution < -0.4 is 5.43 Å². The molecule has 2 heterocycles. The SMILES string of the molecule is COCc1cc(C)nc(SCC(=O)NN=Cc2cc(C)n(-c3ccc(C)cc3)c2C)c1C#N. The zero-order valence-electron chi connectivity index (χ0n) is 19.5. The highest BCUT2D eigenvalue weighted by molar-refractivity contribution is 8.00. The van der Waals surface area contributed by atoms with E-state index < -0.39 is 0 Å². The van der Waals surface area contributed by atoms with Gasteiger partial charge in [0, 0.05) is 35.4 Å². The van der Waals surface area contributed by atoms with E-state index in [1.165, 1.54) is 17.3 Å². The number of nitriles is 1. The number of hydrazone groups is 1. The van der Waals surface area contributed by atoms with Gasteiger partial charge in [0.05, 0.1) is 24.1 Å². The van der Waals surface area contributed by atoms with Gasteiger partial charge in [-0.2, -0.15) is 10.4 Å². The third kappa shape index (κ3) is 5.89. The molecule has 0 saturated carbocycles. The van der Waals surface area contributed by atoms with Gasteiger partial charge >= 0.3 is 0 Å². The van der Waals surface area contributed by atoms with Gasteiger partial charge < -0.3 is 9.30 Å². The maximum absolute atomic E-state index is 12.3. The number of amides is 1. The molecule has 0 aliphatic carbocycles. The number of aryl methyl sites for hydroxylation is 3. The third-order valence-electron chi connectivity index (χ3n) is 5.10. The van der Waals surface area contributed by atoms with Gasteiger partial charge in [-0.25, -0.2) is 10.4 Å². The third-order valence-corrected chi connectivity index (χ3v) is 6.08. The Labute approximate surface area is 198 Å². The number of benzene rings is 1. The van der Waals surface area contributed by atoms with Crippen LogP contribution in [0.2, 0.25) is 0 Å². The quantitative estimate of drug-likeness (QED) is 0.306. The second-order valence-corrected chi connectivity index (χ2v) is 8.69. The molecule has 1 amide bonds. The Balaban J connectivity index is 1.65. The van der Waals surface area contributed by atoms with Gasteiger partial charge in [0.25, 0.3) is 0 Å². The van der Waals surface area contributed by atoms with Crippen molar-refractivity contribution < 1.29 is 9.53 Å². The van der Waals surface area contributed by atoms with Crippen molar-refractivity contribution in [2.24, 2.45) is 5.10 Å². The molecule has 7 nitrogen and oxygen atoms in total. The molecule has 2 aromatic heterocycles. The fourth-order valence-electron chi connectivity index (χ4n) is 3.55. The lowest BCUT2D eigenvalue weighted by molar-refractivity contribution is -0.118. The summed E-state index contributed by atoms with van der Waals surface area (Å²) in [4.78, 5) is 16.7. The number of ether oxygens (including phenoxy) is 1. The first-order valence-electron chi connectivity index (χ1n) is 10.4. The Morgan fingerprint density at radius 1 is 1.24 bits per heavy atom. The summed E-state index contributed by atoms with van der Waals surface area (Å²) in [6, 6.07) is 14.4. The molecule has 0 spiro atoms. The average molecular weight is 462 g/mol. The van der Waals surface area contributed by atoms with Crippen LogP contribution in [0.4, 0.5) is 0 Å². The maximum atomic E-state index is 12.3. The fraction of sp³-hybridized carbons (Fsp3) is 0.280. The minimum atomic E-state index is -0.274. The summed E-state index contributed by atoms with van der Waals surface area (Å²) in [6.07, 6.45) is 1.65. The van der Waals surface area contributed by atoms with Crippen LogP contribution in [0.3, 0.4) is 0 Å². The summed E-state index contributed by atoms with van der Waals surface area (Å²) in [5.41, 5.74) is 9.88. The minimum Gasteiger partial charge on any atom is -0.380 e. The summed E-state index contributed by atoms with van der Waals surface area (Å²) in [5, 5.41) is 14.2. The van der Waals surface area contributed by atoms with Crippen LogP contribution in [0.1, 0.15) is 39.3 Å². The van der Waals surface area contributed by atoms with Crippen molar-refractivity contribution in [3.05, 3.63) is 75.7 Å². The molecule has 0 unspecified atom stereocenters. The van der Waals surface area contributed by atoms with E-state index >= 15 is 0 Å². The van der Waals surface area contributed by atoms with Crippen LogP contribution >= 0.6 is 11.8 Å². The summed E-state index contributed by atoms with van der Waals surface area (Å²) < 4.78 is 7.32. The Morgan fingerprint density at radius 3 is 2.64 bits per heavy atom. The first-order chi connectivity index (χ1) is 15.8. The molecule has 3 rings (SSSR count). The molecule has 1 N–H and O–H groups in total. The highest BCUT2D eigenvalue weighted by Crippen LogP contribution is 2.24. The Bertz CT molecular complexity index is 1220. The molecule has 0 fully saturated rings. The fourth-order valence-corrected chi connectivity index (χ4v) is 4.41. The van der Waals surface area contributed by atoms with E-state index in [-0.39, 0.29) is 11.7 Å². The first kappa shape index (κ1) is 24.2. The van der Waals surface area contributed by atoms with Crippen molar-refractivity contribution in [1.82, 2.24) is 15.0 Å². The van der Waals surface area contributed by atoms with Crippen LogP contribution in [0, 0.1) is 39.0 Å². The van der Waals surface area contributed by atoms with E-state index in [4.69, 9.17) is 4.74 Å². The van der Waals surface area contributed by atoms with Crippen molar-refractivity contribution >= 4 is 23.9 Å². The molecule has 0 atom stereocenters. The Hall–Kier alpha value is -3.41. The predicted octanol–water partition coefficient (Wildman–Crippen LogP) is 4.37. The minimum absolute atomic E-state index is 0.0945. The van der Waals surface area contributed by atoms with Crippen molar-refractivity contribution in [2.75, 3.05) is 12.9 Å². The van der Waals surface area contributed by atoms with Crippen LogP contribution in [0.5, 0.6) is 0 Å². The van der Waals surface area contributed by atoms with Crippen LogP contribution in [0.25, 0.3) is 5.69 Å². The standard InChI is InChI=1S/C25H27N5O2S/c1-16-6-8-22(9-7-16)30-18(3)11-20(19(30)4)13-27-29-24(31)15-33-25-23(12-26)21(14-32-5)10-17(2)28-25/h6-11,13H,14-15H2,1-5H3,(H,29,31). The summed E-state index contributed by atoms with van der Waals surface area (Å²) in [7, 11) is 1.58. The lowest BCUT2D eigenvalue weighted by Gasteiger charge is -2.10. The number of carbonyl (C=O) groups excluding carboxylic acids is 1. The highest BCUT2D eigenvalue weighted by Gasteiger charge is 2.14. The molecule has 0 saturated heterocycles. The van der Waals surface area contributed by atoms with Crippen molar-refractivity contribution in [3.8, 4) is 11.8 Å². The van der Waals surface area contributed by atoms with E-state index in [1.54, 1.807) is 13.3 Å². The van der Waals surface area contributed by atoms with Gasteiger partial charge in [0.1, 0.15) is 11.1 Å². The smallest absolute Gasteiger partial charge is 0.250 e. The zero-order valence-corrected chi connectivity index (χ0v) is 20.3. The maximum Gasteiger partial charge on any atom is 0.250 e. The number of methoxy groups -OCH3 is 1. The van der Waals surface area contributed by atoms with Gasteiger partial charge in [-0.15, -0.1) is 0 Å².